The van der Waals surface area contributed by atoms with Crippen molar-refractivity contribution in [1.29, 1.82) is 0 Å². The van der Waals surface area contributed by atoms with E-state index in [1.54, 1.807) is 0 Å². The van der Waals surface area contributed by atoms with Gasteiger partial charge in [-0.3, -0.25) is 4.79 Å². The number of nitrogens with zero attached hydrogens (tertiary/aromatic N) is 1. The number of nitrogens with one attached hydrogen (secondary N) is 1. The molecule has 1 amide bonds. The summed E-state index contributed by atoms with van der Waals surface area (Å²) < 4.78 is 6.55. The average molecular weight is 341 g/mol. The molecule has 0 unspecified atom stereocenters. The van der Waals surface area contributed by atoms with Gasteiger partial charge in [-0.15, -0.1) is 0 Å². The zero-order valence-electron chi connectivity index (χ0n) is 12.0. The van der Waals surface area contributed by atoms with Gasteiger partial charge in [0, 0.05) is 29.7 Å². The molecule has 0 bridgehead atoms. The second-order valence-corrected chi connectivity index (χ2v) is 6.15. The first kappa shape index (κ1) is 15.3. The monoisotopic (exact) mass is 340 g/mol. The number of amides is 1. The van der Waals surface area contributed by atoms with Gasteiger partial charge in [0.25, 0.3) is 5.91 Å². The van der Waals surface area contributed by atoms with Crippen molar-refractivity contribution in [2.75, 3.05) is 26.2 Å². The third kappa shape index (κ3) is 4.21. The minimum atomic E-state index is 0.0728. The fourth-order valence-electron chi connectivity index (χ4n) is 2.26. The molecule has 20 heavy (non-hydrogen) atoms. The van der Waals surface area contributed by atoms with Crippen molar-refractivity contribution < 1.29 is 9.53 Å². The summed E-state index contributed by atoms with van der Waals surface area (Å²) in [4.78, 5) is 14.5. The first-order chi connectivity index (χ1) is 9.56. The van der Waals surface area contributed by atoms with Gasteiger partial charge in [0.15, 0.2) is 0 Å². The summed E-state index contributed by atoms with van der Waals surface area (Å²) in [6.07, 6.45) is 1.09. The smallest absolute Gasteiger partial charge is 0.254 e. The molecule has 1 aliphatic heterocycles. The Morgan fingerprint density at radius 1 is 1.30 bits per heavy atom. The normalized spacial score (nSPS) is 16.1. The average Bonchev–Trinajstić information content (AvgIpc) is 2.65. The summed E-state index contributed by atoms with van der Waals surface area (Å²) in [6, 6.07) is 5.57. The molecule has 1 aliphatic rings. The van der Waals surface area contributed by atoms with Gasteiger partial charge in [0.1, 0.15) is 5.75 Å². The standard InChI is InChI=1S/C15H21BrN2O2/c1-11(2)20-14-9-12(8-13(16)10-14)15(19)18-6-3-4-17-5-7-18/h8-11,17H,3-7H2,1-2H3. The molecule has 1 aromatic rings. The summed E-state index contributed by atoms with van der Waals surface area (Å²) >= 11 is 3.45. The molecule has 110 valence electrons. The van der Waals surface area contributed by atoms with E-state index in [1.165, 1.54) is 0 Å². The molecule has 1 aromatic carbocycles. The second-order valence-electron chi connectivity index (χ2n) is 5.24. The third-order valence-corrected chi connectivity index (χ3v) is 3.58. The van der Waals surface area contributed by atoms with Crippen LogP contribution < -0.4 is 10.1 Å². The second kappa shape index (κ2) is 7.09. The molecule has 0 atom stereocenters. The highest BCUT2D eigenvalue weighted by molar-refractivity contribution is 9.10. The van der Waals surface area contributed by atoms with Crippen LogP contribution in [0.2, 0.25) is 0 Å². The highest BCUT2D eigenvalue weighted by atomic mass is 79.9. The Kier molecular flexibility index (Phi) is 5.43. The highest BCUT2D eigenvalue weighted by Gasteiger charge is 2.18. The Bertz CT molecular complexity index is 469. The molecule has 0 saturated carbocycles. The number of halogens is 1. The Morgan fingerprint density at radius 3 is 2.85 bits per heavy atom. The van der Waals surface area contributed by atoms with E-state index in [0.717, 1.165) is 42.8 Å². The van der Waals surface area contributed by atoms with E-state index in [9.17, 15) is 4.79 Å². The summed E-state index contributed by atoms with van der Waals surface area (Å²) in [7, 11) is 0. The predicted molar refractivity (Wildman–Crippen MR) is 83.3 cm³/mol. The fourth-order valence-corrected chi connectivity index (χ4v) is 2.73. The van der Waals surface area contributed by atoms with E-state index in [1.807, 2.05) is 36.9 Å². The van der Waals surface area contributed by atoms with E-state index in [0.29, 0.717) is 5.56 Å². The van der Waals surface area contributed by atoms with E-state index in [4.69, 9.17) is 4.74 Å². The number of rotatable bonds is 3. The van der Waals surface area contributed by atoms with Gasteiger partial charge < -0.3 is 15.0 Å². The molecule has 1 heterocycles. The van der Waals surface area contributed by atoms with Crippen LogP contribution in [0.3, 0.4) is 0 Å². The van der Waals surface area contributed by atoms with Crippen molar-refractivity contribution in [2.24, 2.45) is 0 Å². The lowest BCUT2D eigenvalue weighted by atomic mass is 10.2. The Hall–Kier alpha value is -1.07. The van der Waals surface area contributed by atoms with Crippen molar-refractivity contribution in [1.82, 2.24) is 10.2 Å². The van der Waals surface area contributed by atoms with Crippen LogP contribution in [0.1, 0.15) is 30.6 Å². The molecular formula is C15H21BrN2O2. The van der Waals surface area contributed by atoms with E-state index in [2.05, 4.69) is 21.2 Å². The number of benzene rings is 1. The van der Waals surface area contributed by atoms with E-state index >= 15 is 0 Å². The highest BCUT2D eigenvalue weighted by Crippen LogP contribution is 2.23. The van der Waals surface area contributed by atoms with Crippen molar-refractivity contribution in [3.05, 3.63) is 28.2 Å². The molecule has 5 heteroatoms. The molecule has 1 N–H and O–H groups in total. The van der Waals surface area contributed by atoms with Crippen LogP contribution in [0.4, 0.5) is 0 Å². The van der Waals surface area contributed by atoms with E-state index in [-0.39, 0.29) is 12.0 Å². The Labute approximate surface area is 128 Å². The molecule has 1 fully saturated rings. The zero-order chi connectivity index (χ0) is 14.5. The van der Waals surface area contributed by atoms with Crippen molar-refractivity contribution >= 4 is 21.8 Å². The summed E-state index contributed by atoms with van der Waals surface area (Å²) in [5.74, 6) is 0.800. The lowest BCUT2D eigenvalue weighted by Crippen LogP contribution is -2.34. The minimum absolute atomic E-state index is 0.0728. The molecule has 1 saturated heterocycles. The first-order valence-corrected chi connectivity index (χ1v) is 7.83. The molecular weight excluding hydrogens is 320 g/mol. The van der Waals surface area contributed by atoms with Crippen LogP contribution in [-0.4, -0.2) is 43.1 Å². The van der Waals surface area contributed by atoms with Crippen molar-refractivity contribution in [3.63, 3.8) is 0 Å². The van der Waals surface area contributed by atoms with Crippen molar-refractivity contribution in [3.8, 4) is 5.75 Å². The van der Waals surface area contributed by atoms with Gasteiger partial charge in [0.2, 0.25) is 0 Å². The number of ether oxygens (including phenoxy) is 1. The maximum absolute atomic E-state index is 12.6. The van der Waals surface area contributed by atoms with Crippen LogP contribution in [0.25, 0.3) is 0 Å². The number of hydrogen-bond acceptors (Lipinski definition) is 3. The maximum atomic E-state index is 12.6. The third-order valence-electron chi connectivity index (χ3n) is 3.12. The van der Waals surface area contributed by atoms with Gasteiger partial charge in [-0.2, -0.15) is 0 Å². The quantitative estimate of drug-likeness (QED) is 0.919. The molecule has 0 aliphatic carbocycles. The van der Waals surface area contributed by atoms with Gasteiger partial charge in [-0.05, 0) is 45.0 Å². The molecule has 0 spiro atoms. The van der Waals surface area contributed by atoms with Crippen molar-refractivity contribution in [2.45, 2.75) is 26.4 Å². The van der Waals surface area contributed by atoms with Gasteiger partial charge in [-0.1, -0.05) is 15.9 Å². The molecule has 0 radical (unpaired) electrons. The largest absolute Gasteiger partial charge is 0.491 e. The number of carbonyl (C=O) groups excluding carboxylic acids is 1. The van der Waals surface area contributed by atoms with Crippen LogP contribution in [0, 0.1) is 0 Å². The summed E-state index contributed by atoms with van der Waals surface area (Å²) in [6.45, 7) is 7.34. The lowest BCUT2D eigenvalue weighted by Gasteiger charge is -2.20. The Morgan fingerprint density at radius 2 is 2.10 bits per heavy atom. The predicted octanol–water partition coefficient (Wildman–Crippen LogP) is 2.67. The molecule has 4 nitrogen and oxygen atoms in total. The lowest BCUT2D eigenvalue weighted by molar-refractivity contribution is 0.0765. The number of hydrogen-bond donors (Lipinski definition) is 1. The fraction of sp³-hybridized carbons (Fsp3) is 0.533. The SMILES string of the molecule is CC(C)Oc1cc(Br)cc(C(=O)N2CCCNCC2)c1. The van der Waals surface area contributed by atoms with E-state index < -0.39 is 0 Å². The van der Waals surface area contributed by atoms with Crippen LogP contribution >= 0.6 is 15.9 Å². The van der Waals surface area contributed by atoms with Gasteiger partial charge in [-0.25, -0.2) is 0 Å². The van der Waals surface area contributed by atoms with Gasteiger partial charge >= 0.3 is 0 Å². The molecule has 0 aromatic heterocycles. The molecule has 2 rings (SSSR count). The maximum Gasteiger partial charge on any atom is 0.254 e. The van der Waals surface area contributed by atoms with Gasteiger partial charge in [0.05, 0.1) is 6.10 Å². The number of carbonyl (C=O) groups is 1. The first-order valence-electron chi connectivity index (χ1n) is 7.03. The van der Waals surface area contributed by atoms with Crippen LogP contribution in [-0.2, 0) is 0 Å². The Balaban J connectivity index is 2.17. The summed E-state index contributed by atoms with van der Waals surface area (Å²) in [5, 5.41) is 3.30. The van der Waals surface area contributed by atoms with Crippen LogP contribution in [0.5, 0.6) is 5.75 Å². The van der Waals surface area contributed by atoms with Crippen LogP contribution in [0.15, 0.2) is 22.7 Å². The topological polar surface area (TPSA) is 41.6 Å². The minimum Gasteiger partial charge on any atom is -0.491 e. The summed E-state index contributed by atoms with van der Waals surface area (Å²) in [5.41, 5.74) is 0.678. The zero-order valence-corrected chi connectivity index (χ0v) is 13.6.